The largest absolute Gasteiger partial charge is 0.417 e. The first-order valence-electron chi connectivity index (χ1n) is 7.42. The molecular weight excluding hydrogens is 384 g/mol. The first-order chi connectivity index (χ1) is 10.1. The van der Waals surface area contributed by atoms with Gasteiger partial charge in [0.2, 0.25) is 0 Å². The first kappa shape index (κ1) is 23.8. The Balaban J connectivity index is 0.00000264. The van der Waals surface area contributed by atoms with Gasteiger partial charge in [0.15, 0.2) is 0 Å². The second-order valence-corrected chi connectivity index (χ2v) is 7.20. The van der Waals surface area contributed by atoms with Crippen molar-refractivity contribution in [1.82, 2.24) is 10.2 Å². The highest BCUT2D eigenvalue weighted by molar-refractivity contribution is 6.31. The van der Waals surface area contributed by atoms with E-state index in [0.717, 1.165) is 26.2 Å². The molecule has 1 aromatic carbocycles. The topological polar surface area (TPSA) is 15.3 Å². The van der Waals surface area contributed by atoms with Crippen LogP contribution in [0.1, 0.15) is 37.9 Å². The van der Waals surface area contributed by atoms with Gasteiger partial charge in [0.05, 0.1) is 10.6 Å². The number of alkyl halides is 3. The van der Waals surface area contributed by atoms with E-state index in [9.17, 15) is 13.2 Å². The maximum Gasteiger partial charge on any atom is 0.417 e. The predicted molar refractivity (Wildman–Crippen MR) is 97.6 cm³/mol. The van der Waals surface area contributed by atoms with Crippen LogP contribution in [0.5, 0.6) is 0 Å². The molecule has 1 aromatic rings. The standard InChI is InChI=1S/C16H22ClF3N2.2ClH/c1-15(2,3)14(22-8-6-21-7-9-22)11-4-5-13(17)12(10-11)16(18,19)20;;/h4-5,10,14,21H,6-9H2,1-3H3;2*1H/t14-;;/m0../s1. The van der Waals surface area contributed by atoms with Crippen LogP contribution < -0.4 is 5.32 Å². The number of hydrogen-bond donors (Lipinski definition) is 1. The average Bonchev–Trinajstić information content (AvgIpc) is 2.39. The lowest BCUT2D eigenvalue weighted by molar-refractivity contribution is -0.137. The highest BCUT2D eigenvalue weighted by Crippen LogP contribution is 2.42. The summed E-state index contributed by atoms with van der Waals surface area (Å²) < 4.78 is 39.4. The van der Waals surface area contributed by atoms with Crippen LogP contribution in [-0.2, 0) is 6.18 Å². The van der Waals surface area contributed by atoms with Gasteiger partial charge in [-0.05, 0) is 23.1 Å². The van der Waals surface area contributed by atoms with Crippen LogP contribution >= 0.6 is 36.4 Å². The zero-order valence-electron chi connectivity index (χ0n) is 13.9. The molecule has 1 aliphatic heterocycles. The number of hydrogen-bond acceptors (Lipinski definition) is 2. The molecular formula is C16H24Cl3F3N2. The first-order valence-corrected chi connectivity index (χ1v) is 7.80. The molecule has 1 aliphatic rings. The minimum atomic E-state index is -4.43. The van der Waals surface area contributed by atoms with Gasteiger partial charge in [-0.15, -0.1) is 24.8 Å². The summed E-state index contributed by atoms with van der Waals surface area (Å²) in [4.78, 5) is 2.25. The lowest BCUT2D eigenvalue weighted by atomic mass is 9.80. The second-order valence-electron chi connectivity index (χ2n) is 6.79. The Morgan fingerprint density at radius 2 is 1.62 bits per heavy atom. The van der Waals surface area contributed by atoms with Crippen LogP contribution in [0, 0.1) is 5.41 Å². The maximum atomic E-state index is 13.1. The molecule has 0 amide bonds. The Kier molecular flexibility index (Phi) is 8.87. The monoisotopic (exact) mass is 406 g/mol. The molecule has 1 heterocycles. The Morgan fingerprint density at radius 1 is 1.08 bits per heavy atom. The number of nitrogens with one attached hydrogen (secondary N) is 1. The molecule has 1 fully saturated rings. The number of rotatable bonds is 2. The van der Waals surface area contributed by atoms with Crippen molar-refractivity contribution in [2.45, 2.75) is 33.0 Å². The number of benzene rings is 1. The summed E-state index contributed by atoms with van der Waals surface area (Å²) in [5.74, 6) is 0. The maximum absolute atomic E-state index is 13.1. The molecule has 2 rings (SSSR count). The predicted octanol–water partition coefficient (Wildman–Crippen LogP) is 5.19. The van der Waals surface area contributed by atoms with E-state index in [-0.39, 0.29) is 41.3 Å². The Labute approximate surface area is 158 Å². The van der Waals surface area contributed by atoms with Crippen LogP contribution in [-0.4, -0.2) is 31.1 Å². The van der Waals surface area contributed by atoms with E-state index in [4.69, 9.17) is 11.6 Å². The van der Waals surface area contributed by atoms with Crippen molar-refractivity contribution in [2.24, 2.45) is 5.41 Å². The summed E-state index contributed by atoms with van der Waals surface area (Å²) in [7, 11) is 0. The molecule has 0 bridgehead atoms. The van der Waals surface area contributed by atoms with Gasteiger partial charge in [0.1, 0.15) is 0 Å². The third kappa shape index (κ3) is 5.67. The van der Waals surface area contributed by atoms with Crippen LogP contribution in [0.2, 0.25) is 5.02 Å². The Bertz CT molecular complexity index is 524. The number of nitrogens with zero attached hydrogens (tertiary/aromatic N) is 1. The average molecular weight is 408 g/mol. The smallest absolute Gasteiger partial charge is 0.314 e. The lowest BCUT2D eigenvalue weighted by Crippen LogP contribution is -2.48. The molecule has 0 radical (unpaired) electrons. The van der Waals surface area contributed by atoms with E-state index in [1.54, 1.807) is 6.07 Å². The number of halogens is 6. The second kappa shape index (κ2) is 8.95. The third-order valence-electron chi connectivity index (χ3n) is 3.95. The molecule has 1 saturated heterocycles. The summed E-state index contributed by atoms with van der Waals surface area (Å²) in [6.45, 7) is 9.53. The lowest BCUT2D eigenvalue weighted by Gasteiger charge is -2.42. The molecule has 140 valence electrons. The normalized spacial score (nSPS) is 17.6. The van der Waals surface area contributed by atoms with Crippen LogP contribution in [0.25, 0.3) is 0 Å². The van der Waals surface area contributed by atoms with Crippen LogP contribution in [0.3, 0.4) is 0 Å². The molecule has 0 aliphatic carbocycles. The summed E-state index contributed by atoms with van der Waals surface area (Å²) in [6, 6.07) is 4.21. The fourth-order valence-corrected chi connectivity index (χ4v) is 3.35. The van der Waals surface area contributed by atoms with Crippen LogP contribution in [0.4, 0.5) is 13.2 Å². The third-order valence-corrected chi connectivity index (χ3v) is 4.28. The summed E-state index contributed by atoms with van der Waals surface area (Å²) in [5, 5.41) is 3.03. The van der Waals surface area contributed by atoms with Gasteiger partial charge in [-0.2, -0.15) is 13.2 Å². The van der Waals surface area contributed by atoms with Crippen molar-refractivity contribution < 1.29 is 13.2 Å². The van der Waals surface area contributed by atoms with Gasteiger partial charge < -0.3 is 5.32 Å². The fraction of sp³-hybridized carbons (Fsp3) is 0.625. The molecule has 1 atom stereocenters. The molecule has 24 heavy (non-hydrogen) atoms. The van der Waals surface area contributed by atoms with Crippen LogP contribution in [0.15, 0.2) is 18.2 Å². The minimum absolute atomic E-state index is 0. The van der Waals surface area contributed by atoms with Crippen molar-refractivity contribution in [1.29, 1.82) is 0 Å². The van der Waals surface area contributed by atoms with Crippen molar-refractivity contribution in [3.8, 4) is 0 Å². The van der Waals surface area contributed by atoms with Gasteiger partial charge in [0.25, 0.3) is 0 Å². The van der Waals surface area contributed by atoms with E-state index < -0.39 is 11.7 Å². The van der Waals surface area contributed by atoms with Gasteiger partial charge >= 0.3 is 6.18 Å². The van der Waals surface area contributed by atoms with Crippen molar-refractivity contribution in [3.63, 3.8) is 0 Å². The van der Waals surface area contributed by atoms with Gasteiger partial charge in [-0.25, -0.2) is 0 Å². The van der Waals surface area contributed by atoms with Crippen molar-refractivity contribution >= 4 is 36.4 Å². The van der Waals surface area contributed by atoms with E-state index >= 15 is 0 Å². The molecule has 1 N–H and O–H groups in total. The van der Waals surface area contributed by atoms with Crippen molar-refractivity contribution in [2.75, 3.05) is 26.2 Å². The summed E-state index contributed by atoms with van der Waals surface area (Å²) >= 11 is 5.74. The fourth-order valence-electron chi connectivity index (χ4n) is 3.13. The molecule has 0 saturated carbocycles. The van der Waals surface area contributed by atoms with E-state index in [2.05, 4.69) is 31.0 Å². The molecule has 0 aromatic heterocycles. The van der Waals surface area contributed by atoms with Gasteiger partial charge in [0, 0.05) is 32.2 Å². The quantitative estimate of drug-likeness (QED) is 0.725. The Hall–Kier alpha value is -0.200. The highest BCUT2D eigenvalue weighted by atomic mass is 35.5. The number of piperazine rings is 1. The van der Waals surface area contributed by atoms with Gasteiger partial charge in [-0.3, -0.25) is 4.90 Å². The molecule has 0 spiro atoms. The zero-order valence-corrected chi connectivity index (χ0v) is 16.3. The van der Waals surface area contributed by atoms with E-state index in [1.807, 2.05) is 0 Å². The minimum Gasteiger partial charge on any atom is -0.314 e. The molecule has 8 heteroatoms. The van der Waals surface area contributed by atoms with E-state index in [1.165, 1.54) is 12.1 Å². The summed E-state index contributed by atoms with van der Waals surface area (Å²) in [5.41, 5.74) is -0.254. The molecule has 0 unspecified atom stereocenters. The van der Waals surface area contributed by atoms with Gasteiger partial charge in [-0.1, -0.05) is 38.4 Å². The summed E-state index contributed by atoms with van der Waals surface area (Å²) in [6.07, 6.45) is -4.43. The zero-order chi connectivity index (χ0) is 16.5. The SMILES string of the molecule is CC(C)(C)[C@H](c1ccc(Cl)c(C(F)(F)F)c1)N1CCNCC1.Cl.Cl. The highest BCUT2D eigenvalue weighted by Gasteiger charge is 2.37. The van der Waals surface area contributed by atoms with Crippen molar-refractivity contribution in [3.05, 3.63) is 34.3 Å². The molecule has 2 nitrogen and oxygen atoms in total. The Morgan fingerprint density at radius 3 is 2.08 bits per heavy atom. The van der Waals surface area contributed by atoms with E-state index in [0.29, 0.717) is 5.56 Å².